The Morgan fingerprint density at radius 3 is 2.25 bits per heavy atom. The van der Waals surface area contributed by atoms with Crippen molar-refractivity contribution in [3.63, 3.8) is 0 Å². The molecular weight excluding hydrogens is 210 g/mol. The predicted octanol–water partition coefficient (Wildman–Crippen LogP) is 0.821. The number of carbonyl (C=O) groups is 2. The number of rotatable bonds is 4. The molecule has 0 heterocycles. The van der Waals surface area contributed by atoms with Crippen molar-refractivity contribution in [1.82, 2.24) is 5.32 Å². The zero-order valence-corrected chi connectivity index (χ0v) is 9.21. The van der Waals surface area contributed by atoms with Gasteiger partial charge >= 0.3 is 5.97 Å². The Balaban J connectivity index is 0.000000487. The van der Waals surface area contributed by atoms with Gasteiger partial charge in [0.05, 0.1) is 7.11 Å². The molecule has 0 radical (unpaired) electrons. The summed E-state index contributed by atoms with van der Waals surface area (Å²) >= 11 is 0. The lowest BCUT2D eigenvalue weighted by molar-refractivity contribution is -0.139. The fourth-order valence-corrected chi connectivity index (χ4v) is 1.08. The second kappa shape index (κ2) is 8.43. The molecule has 1 atom stereocenters. The molecule has 0 fully saturated rings. The van der Waals surface area contributed by atoms with Gasteiger partial charge in [0.2, 0.25) is 0 Å². The number of likely N-dealkylation sites (N-methyl/N-ethyl adjacent to an activating group) is 1. The molecule has 0 saturated heterocycles. The lowest BCUT2D eigenvalue weighted by Crippen LogP contribution is -2.24. The third-order valence-electron chi connectivity index (χ3n) is 1.76. The maximum atomic E-state index is 10.7. The molecule has 1 rings (SSSR count). The number of nitrogens with one attached hydrogen (secondary N) is 1. The summed E-state index contributed by atoms with van der Waals surface area (Å²) < 4.78 is 3.86. The van der Waals surface area contributed by atoms with Crippen molar-refractivity contribution in [2.24, 2.45) is 0 Å². The molecule has 16 heavy (non-hydrogen) atoms. The molecule has 1 aromatic rings. The van der Waals surface area contributed by atoms with Crippen LogP contribution in [0.25, 0.3) is 0 Å². The lowest BCUT2D eigenvalue weighted by Gasteiger charge is -2.10. The van der Waals surface area contributed by atoms with Gasteiger partial charge in [0.15, 0.2) is 0 Å². The molecule has 0 aliphatic carbocycles. The number of carboxylic acids is 1. The fourth-order valence-electron chi connectivity index (χ4n) is 1.08. The molecule has 0 aromatic heterocycles. The van der Waals surface area contributed by atoms with E-state index in [0.717, 1.165) is 5.56 Å². The zero-order chi connectivity index (χ0) is 12.4. The molecule has 0 saturated carbocycles. The van der Waals surface area contributed by atoms with Gasteiger partial charge in [-0.1, -0.05) is 30.3 Å². The normalized spacial score (nSPS) is 10.6. The number of hydrogen-bond acceptors (Lipinski definition) is 4. The van der Waals surface area contributed by atoms with E-state index in [-0.39, 0.29) is 0 Å². The van der Waals surface area contributed by atoms with E-state index in [0.29, 0.717) is 6.47 Å². The Hall–Kier alpha value is -1.88. The van der Waals surface area contributed by atoms with Crippen LogP contribution in [0.4, 0.5) is 0 Å². The Labute approximate surface area is 94.0 Å². The van der Waals surface area contributed by atoms with E-state index in [1.165, 1.54) is 7.11 Å². The monoisotopic (exact) mass is 225 g/mol. The summed E-state index contributed by atoms with van der Waals surface area (Å²) in [6.45, 7) is 0.375. The van der Waals surface area contributed by atoms with Crippen LogP contribution in [0.2, 0.25) is 0 Å². The average molecular weight is 225 g/mol. The van der Waals surface area contributed by atoms with Crippen LogP contribution in [0, 0.1) is 0 Å². The molecular formula is C11H15NO4. The van der Waals surface area contributed by atoms with Crippen LogP contribution in [-0.2, 0) is 14.3 Å². The van der Waals surface area contributed by atoms with E-state index in [1.807, 2.05) is 18.2 Å². The smallest absolute Gasteiger partial charge is 0.325 e. The summed E-state index contributed by atoms with van der Waals surface area (Å²) in [7, 11) is 2.94. The van der Waals surface area contributed by atoms with Gasteiger partial charge in [-0.25, -0.2) is 0 Å². The van der Waals surface area contributed by atoms with Crippen molar-refractivity contribution in [3.05, 3.63) is 35.9 Å². The minimum absolute atomic E-state index is 0.375. The van der Waals surface area contributed by atoms with E-state index in [2.05, 4.69) is 10.1 Å². The second-order valence-electron chi connectivity index (χ2n) is 2.80. The quantitative estimate of drug-likeness (QED) is 0.742. The largest absolute Gasteiger partial charge is 0.480 e. The molecule has 5 nitrogen and oxygen atoms in total. The van der Waals surface area contributed by atoms with Crippen molar-refractivity contribution in [1.29, 1.82) is 0 Å². The molecule has 88 valence electrons. The highest BCUT2D eigenvalue weighted by Crippen LogP contribution is 2.11. The Morgan fingerprint density at radius 2 is 1.94 bits per heavy atom. The van der Waals surface area contributed by atoms with Gasteiger partial charge in [0, 0.05) is 0 Å². The maximum absolute atomic E-state index is 10.7. The Morgan fingerprint density at radius 1 is 1.44 bits per heavy atom. The topological polar surface area (TPSA) is 75.6 Å². The Kier molecular flexibility index (Phi) is 7.44. The van der Waals surface area contributed by atoms with Crippen LogP contribution in [0.5, 0.6) is 0 Å². The number of methoxy groups -OCH3 is 1. The van der Waals surface area contributed by atoms with E-state index >= 15 is 0 Å². The maximum Gasteiger partial charge on any atom is 0.325 e. The van der Waals surface area contributed by atoms with E-state index in [4.69, 9.17) is 9.90 Å². The molecule has 0 bridgehead atoms. The first kappa shape index (κ1) is 14.1. The van der Waals surface area contributed by atoms with Crippen LogP contribution < -0.4 is 5.32 Å². The summed E-state index contributed by atoms with van der Waals surface area (Å²) in [5.41, 5.74) is 0.771. The van der Waals surface area contributed by atoms with Gasteiger partial charge in [0.25, 0.3) is 6.47 Å². The number of aliphatic carboxylic acids is 1. The summed E-state index contributed by atoms with van der Waals surface area (Å²) in [4.78, 5) is 19.6. The van der Waals surface area contributed by atoms with E-state index in [9.17, 15) is 4.79 Å². The molecule has 0 aliphatic heterocycles. The lowest BCUT2D eigenvalue weighted by atomic mass is 10.1. The van der Waals surface area contributed by atoms with Crippen molar-refractivity contribution in [3.8, 4) is 0 Å². The SMILES string of the molecule is CNC(C(=O)O)c1ccccc1.COC=O. The third-order valence-corrected chi connectivity index (χ3v) is 1.76. The molecule has 1 unspecified atom stereocenters. The highest BCUT2D eigenvalue weighted by molar-refractivity contribution is 5.75. The summed E-state index contributed by atoms with van der Waals surface area (Å²) in [5, 5.41) is 11.5. The number of ether oxygens (including phenoxy) is 1. The first-order valence-corrected chi connectivity index (χ1v) is 4.58. The van der Waals surface area contributed by atoms with E-state index in [1.54, 1.807) is 19.2 Å². The minimum Gasteiger partial charge on any atom is -0.480 e. The standard InChI is InChI=1S/C9H11NO2.C2H4O2/c1-10-8(9(11)12)7-5-3-2-4-6-7;1-4-2-3/h2-6,8,10H,1H3,(H,11,12);2H,1H3. The fraction of sp³-hybridized carbons (Fsp3) is 0.273. The van der Waals surface area contributed by atoms with Gasteiger partial charge in [-0.2, -0.15) is 0 Å². The number of carbonyl (C=O) groups excluding carboxylic acids is 1. The first-order valence-electron chi connectivity index (χ1n) is 4.58. The number of hydrogen-bond donors (Lipinski definition) is 2. The second-order valence-corrected chi connectivity index (χ2v) is 2.80. The van der Waals surface area contributed by atoms with E-state index < -0.39 is 12.0 Å². The van der Waals surface area contributed by atoms with Crippen LogP contribution in [-0.4, -0.2) is 31.7 Å². The molecule has 1 aromatic carbocycles. The zero-order valence-electron chi connectivity index (χ0n) is 9.21. The van der Waals surface area contributed by atoms with Gasteiger partial charge < -0.3 is 15.2 Å². The van der Waals surface area contributed by atoms with Crippen LogP contribution >= 0.6 is 0 Å². The minimum atomic E-state index is -0.858. The Bertz CT molecular complexity index is 313. The van der Waals surface area contributed by atoms with Gasteiger partial charge in [-0.3, -0.25) is 9.59 Å². The van der Waals surface area contributed by atoms with Crippen molar-refractivity contribution in [2.75, 3.05) is 14.2 Å². The highest BCUT2D eigenvalue weighted by atomic mass is 16.5. The number of benzene rings is 1. The average Bonchev–Trinajstić information content (AvgIpc) is 2.31. The van der Waals surface area contributed by atoms with Crippen LogP contribution in [0.3, 0.4) is 0 Å². The van der Waals surface area contributed by atoms with Crippen LogP contribution in [0.15, 0.2) is 30.3 Å². The highest BCUT2D eigenvalue weighted by Gasteiger charge is 2.15. The van der Waals surface area contributed by atoms with Gasteiger partial charge in [-0.05, 0) is 12.6 Å². The first-order chi connectivity index (χ1) is 7.67. The van der Waals surface area contributed by atoms with Crippen molar-refractivity contribution < 1.29 is 19.4 Å². The number of carboxylic acid groups (broad SMARTS) is 1. The summed E-state index contributed by atoms with van der Waals surface area (Å²) in [6, 6.07) is 8.47. The molecule has 0 spiro atoms. The van der Waals surface area contributed by atoms with Crippen molar-refractivity contribution in [2.45, 2.75) is 6.04 Å². The molecule has 5 heteroatoms. The molecule has 0 aliphatic rings. The van der Waals surface area contributed by atoms with Crippen molar-refractivity contribution >= 4 is 12.4 Å². The van der Waals surface area contributed by atoms with Crippen LogP contribution in [0.1, 0.15) is 11.6 Å². The summed E-state index contributed by atoms with van der Waals surface area (Å²) in [5.74, 6) is -0.858. The molecule has 2 N–H and O–H groups in total. The third kappa shape index (κ3) is 5.11. The summed E-state index contributed by atoms with van der Waals surface area (Å²) in [6.07, 6.45) is 0. The van der Waals surface area contributed by atoms with Gasteiger partial charge in [0.1, 0.15) is 6.04 Å². The van der Waals surface area contributed by atoms with Gasteiger partial charge in [-0.15, -0.1) is 0 Å². The molecule has 0 amide bonds. The predicted molar refractivity (Wildman–Crippen MR) is 59.0 cm³/mol.